The Bertz CT molecular complexity index is 927. The fourth-order valence-electron chi connectivity index (χ4n) is 3.98. The summed E-state index contributed by atoms with van der Waals surface area (Å²) in [6.07, 6.45) is 8.21. The molecule has 1 atom stereocenters. The molecule has 0 radical (unpaired) electrons. The highest BCUT2D eigenvalue weighted by Gasteiger charge is 2.33. The van der Waals surface area contributed by atoms with E-state index in [0.717, 1.165) is 29.7 Å². The lowest BCUT2D eigenvalue weighted by Crippen LogP contribution is -2.30. The van der Waals surface area contributed by atoms with Crippen LogP contribution in [-0.2, 0) is 12.0 Å². The van der Waals surface area contributed by atoms with Crippen LogP contribution in [0.2, 0.25) is 0 Å². The highest BCUT2D eigenvalue weighted by atomic mass is 16.5. The molecule has 1 aromatic heterocycles. The quantitative estimate of drug-likeness (QED) is 0.652. The third-order valence-corrected chi connectivity index (χ3v) is 5.57. The molecule has 4 rings (SSSR count). The van der Waals surface area contributed by atoms with Crippen LogP contribution in [0.1, 0.15) is 42.5 Å². The van der Waals surface area contributed by atoms with E-state index in [1.165, 1.54) is 19.2 Å². The summed E-state index contributed by atoms with van der Waals surface area (Å²) in [5, 5.41) is 11.9. The minimum absolute atomic E-state index is 0.200. The van der Waals surface area contributed by atoms with Gasteiger partial charge in [0.2, 0.25) is 0 Å². The molecule has 5 heteroatoms. The van der Waals surface area contributed by atoms with Gasteiger partial charge < -0.3 is 14.6 Å². The molecular weight excluding hydrogens is 364 g/mol. The Morgan fingerprint density at radius 1 is 1.00 bits per heavy atom. The van der Waals surface area contributed by atoms with E-state index >= 15 is 0 Å². The van der Waals surface area contributed by atoms with Gasteiger partial charge in [-0.05, 0) is 55.0 Å². The van der Waals surface area contributed by atoms with E-state index < -0.39 is 5.60 Å². The van der Waals surface area contributed by atoms with Crippen molar-refractivity contribution in [3.8, 4) is 11.5 Å². The van der Waals surface area contributed by atoms with Crippen molar-refractivity contribution in [1.82, 2.24) is 9.97 Å². The van der Waals surface area contributed by atoms with E-state index in [0.29, 0.717) is 17.9 Å². The fourth-order valence-corrected chi connectivity index (χ4v) is 3.98. The summed E-state index contributed by atoms with van der Waals surface area (Å²) in [5.41, 5.74) is 1.06. The van der Waals surface area contributed by atoms with Gasteiger partial charge in [-0.2, -0.15) is 0 Å². The molecule has 1 aliphatic carbocycles. The minimum Gasteiger partial charge on any atom is -0.493 e. The highest BCUT2D eigenvalue weighted by Crippen LogP contribution is 2.39. The van der Waals surface area contributed by atoms with Crippen molar-refractivity contribution in [3.63, 3.8) is 0 Å². The topological polar surface area (TPSA) is 64.5 Å². The number of rotatable bonds is 7. The van der Waals surface area contributed by atoms with Gasteiger partial charge in [-0.25, -0.2) is 9.97 Å². The van der Waals surface area contributed by atoms with Crippen LogP contribution in [0, 0.1) is 0 Å². The third kappa shape index (κ3) is 4.25. The summed E-state index contributed by atoms with van der Waals surface area (Å²) in [4.78, 5) is 8.31. The second-order valence-electron chi connectivity index (χ2n) is 7.49. The number of aliphatic hydroxyl groups is 1. The number of hydrogen-bond donors (Lipinski definition) is 1. The van der Waals surface area contributed by atoms with Crippen molar-refractivity contribution in [3.05, 3.63) is 83.9 Å². The van der Waals surface area contributed by atoms with Crippen LogP contribution in [0.4, 0.5) is 0 Å². The second-order valence-corrected chi connectivity index (χ2v) is 7.49. The summed E-state index contributed by atoms with van der Waals surface area (Å²) < 4.78 is 11.8. The SMILES string of the molecule is COc1ccc(C(O)(Cc2ccncn2)c2ccccc2)cc1OC1CCCC1. The first kappa shape index (κ1) is 19.4. The molecule has 0 saturated heterocycles. The summed E-state index contributed by atoms with van der Waals surface area (Å²) in [6.45, 7) is 0. The molecule has 1 heterocycles. The van der Waals surface area contributed by atoms with Gasteiger partial charge in [0.1, 0.15) is 11.9 Å². The number of benzene rings is 2. The van der Waals surface area contributed by atoms with Gasteiger partial charge in [-0.1, -0.05) is 36.4 Å². The van der Waals surface area contributed by atoms with Crippen LogP contribution >= 0.6 is 0 Å². The Kier molecular flexibility index (Phi) is 5.76. The van der Waals surface area contributed by atoms with Gasteiger partial charge >= 0.3 is 0 Å². The lowest BCUT2D eigenvalue weighted by Gasteiger charge is -2.30. The van der Waals surface area contributed by atoms with Crippen LogP contribution in [0.25, 0.3) is 0 Å². The van der Waals surface area contributed by atoms with E-state index in [9.17, 15) is 5.11 Å². The molecule has 0 spiro atoms. The molecule has 1 N–H and O–H groups in total. The number of methoxy groups -OCH3 is 1. The number of aromatic nitrogens is 2. The van der Waals surface area contributed by atoms with Crippen LogP contribution in [0.5, 0.6) is 11.5 Å². The molecule has 5 nitrogen and oxygen atoms in total. The van der Waals surface area contributed by atoms with Gasteiger partial charge in [0.05, 0.1) is 13.2 Å². The molecular formula is C24H26N2O3. The second kappa shape index (κ2) is 8.62. The molecule has 1 fully saturated rings. The zero-order chi connectivity index (χ0) is 20.1. The fraction of sp³-hybridized carbons (Fsp3) is 0.333. The minimum atomic E-state index is -1.25. The third-order valence-electron chi connectivity index (χ3n) is 5.57. The van der Waals surface area contributed by atoms with Gasteiger partial charge in [0.15, 0.2) is 11.5 Å². The lowest BCUT2D eigenvalue weighted by atomic mass is 9.82. The first-order valence-electron chi connectivity index (χ1n) is 10.1. The molecule has 2 aromatic carbocycles. The Hall–Kier alpha value is -2.92. The van der Waals surface area contributed by atoms with Crippen molar-refractivity contribution in [1.29, 1.82) is 0 Å². The number of nitrogens with zero attached hydrogens (tertiary/aromatic N) is 2. The van der Waals surface area contributed by atoms with E-state index in [1.807, 2.05) is 54.6 Å². The molecule has 0 aliphatic heterocycles. The normalized spacial score (nSPS) is 16.3. The smallest absolute Gasteiger partial charge is 0.161 e. The van der Waals surface area contributed by atoms with Gasteiger partial charge in [0, 0.05) is 18.3 Å². The molecule has 1 unspecified atom stereocenters. The zero-order valence-electron chi connectivity index (χ0n) is 16.6. The van der Waals surface area contributed by atoms with Crippen LogP contribution < -0.4 is 9.47 Å². The van der Waals surface area contributed by atoms with Crippen molar-refractivity contribution < 1.29 is 14.6 Å². The average Bonchev–Trinajstić information content (AvgIpc) is 3.28. The maximum atomic E-state index is 11.9. The van der Waals surface area contributed by atoms with E-state index in [2.05, 4.69) is 9.97 Å². The molecule has 29 heavy (non-hydrogen) atoms. The molecule has 1 saturated carbocycles. The number of ether oxygens (including phenoxy) is 2. The maximum absolute atomic E-state index is 11.9. The Balaban J connectivity index is 1.75. The van der Waals surface area contributed by atoms with Crippen molar-refractivity contribution in [2.24, 2.45) is 0 Å². The summed E-state index contributed by atoms with van der Waals surface area (Å²) in [7, 11) is 1.64. The largest absolute Gasteiger partial charge is 0.493 e. The van der Waals surface area contributed by atoms with Crippen LogP contribution in [0.3, 0.4) is 0 Å². The summed E-state index contributed by atoms with van der Waals surface area (Å²) in [5.74, 6) is 1.35. The number of hydrogen-bond acceptors (Lipinski definition) is 5. The van der Waals surface area contributed by atoms with Crippen LogP contribution in [0.15, 0.2) is 67.1 Å². The standard InChI is InChI=1S/C24H26N2O3/c1-28-22-12-11-19(15-23(22)29-21-9-5-6-10-21)24(27,18-7-3-2-4-8-18)16-20-13-14-25-17-26-20/h2-4,7-8,11-15,17,21,27H,5-6,9-10,16H2,1H3. The molecule has 1 aliphatic rings. The first-order chi connectivity index (χ1) is 14.2. The van der Waals surface area contributed by atoms with E-state index in [1.54, 1.807) is 13.3 Å². The van der Waals surface area contributed by atoms with E-state index in [4.69, 9.17) is 9.47 Å². The van der Waals surface area contributed by atoms with Crippen molar-refractivity contribution in [2.75, 3.05) is 7.11 Å². The highest BCUT2D eigenvalue weighted by molar-refractivity contribution is 5.48. The average molecular weight is 390 g/mol. The Morgan fingerprint density at radius 2 is 1.79 bits per heavy atom. The van der Waals surface area contributed by atoms with Crippen LogP contribution in [-0.4, -0.2) is 28.3 Å². The van der Waals surface area contributed by atoms with Gasteiger partial charge in [0.25, 0.3) is 0 Å². The van der Waals surface area contributed by atoms with Gasteiger partial charge in [-0.15, -0.1) is 0 Å². The van der Waals surface area contributed by atoms with Crippen molar-refractivity contribution in [2.45, 2.75) is 43.8 Å². The molecule has 0 amide bonds. The predicted molar refractivity (Wildman–Crippen MR) is 111 cm³/mol. The lowest BCUT2D eigenvalue weighted by molar-refractivity contribution is 0.0793. The Morgan fingerprint density at radius 3 is 2.48 bits per heavy atom. The molecule has 150 valence electrons. The monoisotopic (exact) mass is 390 g/mol. The maximum Gasteiger partial charge on any atom is 0.161 e. The molecule has 0 bridgehead atoms. The predicted octanol–water partition coefficient (Wildman–Crippen LogP) is 4.29. The zero-order valence-corrected chi connectivity index (χ0v) is 16.6. The summed E-state index contributed by atoms with van der Waals surface area (Å²) in [6, 6.07) is 17.2. The Labute approximate surface area is 171 Å². The van der Waals surface area contributed by atoms with Gasteiger partial charge in [-0.3, -0.25) is 0 Å². The molecule has 3 aromatic rings. The van der Waals surface area contributed by atoms with E-state index in [-0.39, 0.29) is 6.10 Å². The first-order valence-corrected chi connectivity index (χ1v) is 10.1. The van der Waals surface area contributed by atoms with Crippen molar-refractivity contribution >= 4 is 0 Å². The summed E-state index contributed by atoms with van der Waals surface area (Å²) >= 11 is 0.